The topological polar surface area (TPSA) is 61.8 Å². The fraction of sp³-hybridized carbons (Fsp3) is 0.167. The third-order valence-corrected chi connectivity index (χ3v) is 2.42. The molecule has 0 aliphatic heterocycles. The van der Waals surface area contributed by atoms with Crippen molar-refractivity contribution < 1.29 is 9.50 Å². The summed E-state index contributed by atoms with van der Waals surface area (Å²) >= 11 is 0. The highest BCUT2D eigenvalue weighted by Crippen LogP contribution is 2.24. The van der Waals surface area contributed by atoms with Gasteiger partial charge in [0.1, 0.15) is 23.3 Å². The number of hydrogen-bond acceptors (Lipinski definition) is 3. The minimum absolute atomic E-state index is 0.0900. The number of aromatic nitrogens is 2. The van der Waals surface area contributed by atoms with Gasteiger partial charge >= 0.3 is 0 Å². The van der Waals surface area contributed by atoms with Crippen molar-refractivity contribution in [2.24, 2.45) is 0 Å². The maximum absolute atomic E-state index is 13.8. The largest absolute Gasteiger partial charge is 0.506 e. The van der Waals surface area contributed by atoms with E-state index >= 15 is 0 Å². The number of phenols is 1. The maximum atomic E-state index is 13.8. The summed E-state index contributed by atoms with van der Waals surface area (Å²) in [6, 6.07) is 5.72. The van der Waals surface area contributed by atoms with Crippen molar-refractivity contribution >= 4 is 0 Å². The molecule has 0 aliphatic carbocycles. The Balaban J connectivity index is 2.65. The molecular formula is C12H10FN3O. The SMILES string of the molecule is Cc1cc(C)n(-c2cc(O)c(C#N)cc2F)n1. The molecule has 1 heterocycles. The average Bonchev–Trinajstić information content (AvgIpc) is 2.60. The van der Waals surface area contributed by atoms with Crippen molar-refractivity contribution in [3.8, 4) is 17.5 Å². The molecule has 17 heavy (non-hydrogen) atoms. The fourth-order valence-corrected chi connectivity index (χ4v) is 1.68. The summed E-state index contributed by atoms with van der Waals surface area (Å²) in [6.45, 7) is 3.58. The van der Waals surface area contributed by atoms with Crippen molar-refractivity contribution in [1.29, 1.82) is 5.26 Å². The molecule has 86 valence electrons. The number of nitrogens with zero attached hydrogens (tertiary/aromatic N) is 3. The van der Waals surface area contributed by atoms with E-state index in [1.165, 1.54) is 10.7 Å². The summed E-state index contributed by atoms with van der Waals surface area (Å²) in [7, 11) is 0. The Hall–Kier alpha value is -2.35. The predicted octanol–water partition coefficient (Wildman–Crippen LogP) is 2.21. The lowest BCUT2D eigenvalue weighted by molar-refractivity contribution is 0.470. The lowest BCUT2D eigenvalue weighted by atomic mass is 10.2. The third-order valence-electron chi connectivity index (χ3n) is 2.42. The van der Waals surface area contributed by atoms with E-state index in [1.807, 2.05) is 0 Å². The van der Waals surface area contributed by atoms with Gasteiger partial charge in [0.2, 0.25) is 0 Å². The van der Waals surface area contributed by atoms with E-state index in [2.05, 4.69) is 5.10 Å². The fourth-order valence-electron chi connectivity index (χ4n) is 1.68. The molecular weight excluding hydrogens is 221 g/mol. The van der Waals surface area contributed by atoms with E-state index in [9.17, 15) is 9.50 Å². The zero-order valence-corrected chi connectivity index (χ0v) is 9.40. The van der Waals surface area contributed by atoms with Gasteiger partial charge in [-0.1, -0.05) is 0 Å². The summed E-state index contributed by atoms with van der Waals surface area (Å²) in [4.78, 5) is 0. The van der Waals surface area contributed by atoms with Crippen LogP contribution in [-0.2, 0) is 0 Å². The molecule has 0 atom stereocenters. The first-order valence-electron chi connectivity index (χ1n) is 4.99. The Bertz CT molecular complexity index is 625. The van der Waals surface area contributed by atoms with Crippen LogP contribution < -0.4 is 0 Å². The minimum atomic E-state index is -0.592. The van der Waals surface area contributed by atoms with Crippen LogP contribution in [0.3, 0.4) is 0 Å². The molecule has 5 heteroatoms. The number of nitriles is 1. The summed E-state index contributed by atoms with van der Waals surface area (Å²) in [5.74, 6) is -0.845. The van der Waals surface area contributed by atoms with Gasteiger partial charge in [-0.2, -0.15) is 10.4 Å². The van der Waals surface area contributed by atoms with Crippen LogP contribution in [0.25, 0.3) is 5.69 Å². The second-order valence-electron chi connectivity index (χ2n) is 3.77. The molecule has 0 spiro atoms. The minimum Gasteiger partial charge on any atom is -0.506 e. The molecule has 1 aromatic carbocycles. The van der Waals surface area contributed by atoms with E-state index in [0.29, 0.717) is 0 Å². The first kappa shape index (κ1) is 11.1. The summed E-state index contributed by atoms with van der Waals surface area (Å²) in [6.07, 6.45) is 0. The van der Waals surface area contributed by atoms with E-state index in [-0.39, 0.29) is 17.0 Å². The molecule has 1 aromatic heterocycles. The lowest BCUT2D eigenvalue weighted by Gasteiger charge is -2.07. The molecule has 0 bridgehead atoms. The Morgan fingerprint density at radius 2 is 2.06 bits per heavy atom. The van der Waals surface area contributed by atoms with Crippen LogP contribution in [0.15, 0.2) is 18.2 Å². The van der Waals surface area contributed by atoms with Gasteiger partial charge in [0.25, 0.3) is 0 Å². The van der Waals surface area contributed by atoms with Crippen molar-refractivity contribution in [2.45, 2.75) is 13.8 Å². The number of aromatic hydroxyl groups is 1. The van der Waals surface area contributed by atoms with Crippen molar-refractivity contribution in [2.75, 3.05) is 0 Å². The third kappa shape index (κ3) is 1.85. The molecule has 2 rings (SSSR count). The van der Waals surface area contributed by atoms with Crippen LogP contribution in [0.5, 0.6) is 5.75 Å². The van der Waals surface area contributed by atoms with Crippen molar-refractivity contribution in [1.82, 2.24) is 9.78 Å². The number of hydrogen-bond donors (Lipinski definition) is 1. The Labute approximate surface area is 97.5 Å². The van der Waals surface area contributed by atoms with Crippen LogP contribution in [0, 0.1) is 31.0 Å². The van der Waals surface area contributed by atoms with Gasteiger partial charge in [-0.15, -0.1) is 0 Å². The van der Waals surface area contributed by atoms with Gasteiger partial charge in [0.05, 0.1) is 11.3 Å². The zero-order chi connectivity index (χ0) is 12.6. The van der Waals surface area contributed by atoms with Gasteiger partial charge in [-0.25, -0.2) is 9.07 Å². The number of benzene rings is 1. The number of rotatable bonds is 1. The molecule has 0 unspecified atom stereocenters. The van der Waals surface area contributed by atoms with E-state index in [1.54, 1.807) is 26.0 Å². The maximum Gasteiger partial charge on any atom is 0.150 e. The molecule has 1 N–H and O–H groups in total. The second-order valence-corrected chi connectivity index (χ2v) is 3.77. The van der Waals surface area contributed by atoms with Gasteiger partial charge < -0.3 is 5.11 Å². The smallest absolute Gasteiger partial charge is 0.150 e. The summed E-state index contributed by atoms with van der Waals surface area (Å²) in [5.41, 5.74) is 1.55. The first-order chi connectivity index (χ1) is 8.02. The average molecular weight is 231 g/mol. The molecule has 2 aromatic rings. The first-order valence-corrected chi connectivity index (χ1v) is 4.99. The van der Waals surface area contributed by atoms with E-state index < -0.39 is 5.82 Å². The van der Waals surface area contributed by atoms with Crippen LogP contribution >= 0.6 is 0 Å². The molecule has 0 aliphatic rings. The van der Waals surface area contributed by atoms with Crippen molar-refractivity contribution in [3.05, 3.63) is 41.0 Å². The number of aryl methyl sites for hydroxylation is 2. The number of halogens is 1. The number of phenolic OH excluding ortho intramolecular Hbond substituents is 1. The Morgan fingerprint density at radius 1 is 1.35 bits per heavy atom. The molecule has 0 fully saturated rings. The molecule has 0 saturated heterocycles. The molecule has 4 nitrogen and oxygen atoms in total. The van der Waals surface area contributed by atoms with Gasteiger partial charge in [0.15, 0.2) is 0 Å². The van der Waals surface area contributed by atoms with Gasteiger partial charge in [-0.05, 0) is 26.0 Å². The highest BCUT2D eigenvalue weighted by molar-refractivity contribution is 5.50. The monoisotopic (exact) mass is 231 g/mol. The predicted molar refractivity (Wildman–Crippen MR) is 59.4 cm³/mol. The Morgan fingerprint density at radius 3 is 2.59 bits per heavy atom. The molecule has 0 amide bonds. The van der Waals surface area contributed by atoms with Crippen LogP contribution in [-0.4, -0.2) is 14.9 Å². The zero-order valence-electron chi connectivity index (χ0n) is 9.40. The summed E-state index contributed by atoms with van der Waals surface area (Å²) < 4.78 is 15.2. The Kier molecular flexibility index (Phi) is 2.56. The van der Waals surface area contributed by atoms with E-state index in [0.717, 1.165) is 17.5 Å². The van der Waals surface area contributed by atoms with Crippen LogP contribution in [0.2, 0.25) is 0 Å². The second kappa shape index (κ2) is 3.91. The van der Waals surface area contributed by atoms with Crippen molar-refractivity contribution in [3.63, 3.8) is 0 Å². The summed E-state index contributed by atoms with van der Waals surface area (Å²) in [5, 5.41) is 22.3. The standard InChI is InChI=1S/C12H10FN3O/c1-7-3-8(2)16(15-7)11-5-12(17)9(6-14)4-10(11)13/h3-5,17H,1-2H3. The highest BCUT2D eigenvalue weighted by atomic mass is 19.1. The lowest BCUT2D eigenvalue weighted by Crippen LogP contribution is -2.02. The molecule has 0 radical (unpaired) electrons. The quantitative estimate of drug-likeness (QED) is 0.818. The normalized spacial score (nSPS) is 10.2. The van der Waals surface area contributed by atoms with Crippen LogP contribution in [0.4, 0.5) is 4.39 Å². The molecule has 0 saturated carbocycles. The highest BCUT2D eigenvalue weighted by Gasteiger charge is 2.13. The van der Waals surface area contributed by atoms with Crippen LogP contribution in [0.1, 0.15) is 17.0 Å². The van der Waals surface area contributed by atoms with E-state index in [4.69, 9.17) is 5.26 Å². The van der Waals surface area contributed by atoms with Gasteiger partial charge in [0, 0.05) is 11.8 Å². The van der Waals surface area contributed by atoms with Gasteiger partial charge in [-0.3, -0.25) is 0 Å².